The summed E-state index contributed by atoms with van der Waals surface area (Å²) in [5.74, 6) is 0. The van der Waals surface area contributed by atoms with Gasteiger partial charge in [-0.25, -0.2) is 17.9 Å². The van der Waals surface area contributed by atoms with Crippen LogP contribution in [0, 0.1) is 27.7 Å². The topological polar surface area (TPSA) is 87.3 Å². The maximum Gasteiger partial charge on any atom is 0.319 e. The summed E-state index contributed by atoms with van der Waals surface area (Å²) in [6.07, 6.45) is 0. The van der Waals surface area contributed by atoms with Crippen LogP contribution in [0.5, 0.6) is 0 Å². The molecule has 2 rings (SSSR count). The predicted octanol–water partition coefficient (Wildman–Crippen LogP) is 3.93. The molecule has 6 nitrogen and oxygen atoms in total. The number of anilines is 1. The molecule has 2 amide bonds. The lowest BCUT2D eigenvalue weighted by molar-refractivity contribution is 0.250. The largest absolute Gasteiger partial charge is 0.336 e. The van der Waals surface area contributed by atoms with Crippen LogP contribution in [-0.2, 0) is 16.6 Å². The minimum atomic E-state index is -3.64. The average molecular weight is 404 g/mol. The van der Waals surface area contributed by atoms with Crippen LogP contribution >= 0.6 is 0 Å². The van der Waals surface area contributed by atoms with Gasteiger partial charge in [-0.3, -0.25) is 0 Å². The number of benzene rings is 2. The Kier molecular flexibility index (Phi) is 6.85. The SMILES string of the molecule is Cc1cc(C)c(C)c(S(=O)(=O)NCc2ccc(NC(=O)NC(C)C)cc2)c1C. The number of amides is 2. The molecule has 0 atom stereocenters. The summed E-state index contributed by atoms with van der Waals surface area (Å²) in [6.45, 7) is 11.4. The number of aryl methyl sites for hydroxylation is 2. The van der Waals surface area contributed by atoms with Gasteiger partial charge in [-0.1, -0.05) is 18.2 Å². The molecule has 0 aliphatic heterocycles. The van der Waals surface area contributed by atoms with Gasteiger partial charge in [0.15, 0.2) is 0 Å². The Bertz CT molecular complexity index is 939. The molecule has 0 fully saturated rings. The Morgan fingerprint density at radius 3 is 2.00 bits per heavy atom. The zero-order valence-electron chi connectivity index (χ0n) is 17.3. The summed E-state index contributed by atoms with van der Waals surface area (Å²) in [4.78, 5) is 12.1. The Morgan fingerprint density at radius 1 is 0.964 bits per heavy atom. The number of hydrogen-bond donors (Lipinski definition) is 3. The lowest BCUT2D eigenvalue weighted by Gasteiger charge is -2.16. The highest BCUT2D eigenvalue weighted by molar-refractivity contribution is 7.89. The van der Waals surface area contributed by atoms with E-state index in [1.54, 1.807) is 24.3 Å². The third kappa shape index (κ3) is 5.33. The monoisotopic (exact) mass is 403 g/mol. The first-order valence-electron chi connectivity index (χ1n) is 9.24. The summed E-state index contributed by atoms with van der Waals surface area (Å²) in [5.41, 5.74) is 4.90. The molecule has 2 aromatic rings. The smallest absolute Gasteiger partial charge is 0.319 e. The third-order valence-electron chi connectivity index (χ3n) is 4.66. The van der Waals surface area contributed by atoms with Crippen LogP contribution in [0.2, 0.25) is 0 Å². The van der Waals surface area contributed by atoms with Crippen molar-refractivity contribution in [2.24, 2.45) is 0 Å². The van der Waals surface area contributed by atoms with Crippen molar-refractivity contribution in [1.29, 1.82) is 0 Å². The van der Waals surface area contributed by atoms with Crippen molar-refractivity contribution < 1.29 is 13.2 Å². The van der Waals surface area contributed by atoms with Crippen molar-refractivity contribution in [3.63, 3.8) is 0 Å². The van der Waals surface area contributed by atoms with E-state index >= 15 is 0 Å². The van der Waals surface area contributed by atoms with Crippen LogP contribution in [0.15, 0.2) is 35.2 Å². The van der Waals surface area contributed by atoms with Crippen LogP contribution in [0.25, 0.3) is 0 Å². The molecule has 0 saturated carbocycles. The van der Waals surface area contributed by atoms with Crippen molar-refractivity contribution in [3.05, 3.63) is 58.1 Å². The van der Waals surface area contributed by atoms with Crippen LogP contribution in [-0.4, -0.2) is 20.5 Å². The molecule has 152 valence electrons. The average Bonchev–Trinajstić information content (AvgIpc) is 2.59. The Labute approximate surface area is 167 Å². The van der Waals surface area contributed by atoms with E-state index in [9.17, 15) is 13.2 Å². The summed E-state index contributed by atoms with van der Waals surface area (Å²) < 4.78 is 28.5. The second-order valence-electron chi connectivity index (χ2n) is 7.36. The van der Waals surface area contributed by atoms with Crippen LogP contribution in [0.4, 0.5) is 10.5 Å². The lowest BCUT2D eigenvalue weighted by atomic mass is 10.0. The first-order valence-corrected chi connectivity index (χ1v) is 10.7. The zero-order chi connectivity index (χ0) is 21.1. The number of nitrogens with one attached hydrogen (secondary N) is 3. The highest BCUT2D eigenvalue weighted by Crippen LogP contribution is 2.26. The van der Waals surface area contributed by atoms with Gasteiger partial charge in [0.25, 0.3) is 0 Å². The van der Waals surface area contributed by atoms with Gasteiger partial charge in [0.2, 0.25) is 10.0 Å². The van der Waals surface area contributed by atoms with Gasteiger partial charge in [-0.2, -0.15) is 0 Å². The first kappa shape index (κ1) is 21.9. The van der Waals surface area contributed by atoms with E-state index in [0.29, 0.717) is 10.6 Å². The molecule has 0 unspecified atom stereocenters. The summed E-state index contributed by atoms with van der Waals surface area (Å²) in [7, 11) is -3.64. The summed E-state index contributed by atoms with van der Waals surface area (Å²) >= 11 is 0. The number of carbonyl (C=O) groups is 1. The van der Waals surface area contributed by atoms with E-state index in [2.05, 4.69) is 15.4 Å². The number of rotatable bonds is 6. The van der Waals surface area contributed by atoms with Crippen molar-refractivity contribution in [2.45, 2.75) is 59.0 Å². The number of hydrogen-bond acceptors (Lipinski definition) is 3. The molecule has 0 saturated heterocycles. The maximum atomic E-state index is 12.9. The third-order valence-corrected chi connectivity index (χ3v) is 6.34. The van der Waals surface area contributed by atoms with Crippen LogP contribution in [0.1, 0.15) is 41.7 Å². The van der Waals surface area contributed by atoms with E-state index in [1.807, 2.05) is 47.6 Å². The molecule has 0 spiro atoms. The second-order valence-corrected chi connectivity index (χ2v) is 9.07. The van der Waals surface area contributed by atoms with E-state index in [-0.39, 0.29) is 18.6 Å². The summed E-state index contributed by atoms with van der Waals surface area (Å²) in [6, 6.07) is 8.84. The summed E-state index contributed by atoms with van der Waals surface area (Å²) in [5, 5.41) is 5.48. The number of carbonyl (C=O) groups excluding carboxylic acids is 1. The van der Waals surface area contributed by atoms with Gasteiger partial charge in [0, 0.05) is 18.3 Å². The van der Waals surface area contributed by atoms with Gasteiger partial charge < -0.3 is 10.6 Å². The quantitative estimate of drug-likeness (QED) is 0.683. The Hall–Kier alpha value is -2.38. The molecular formula is C21H29N3O3S. The molecular weight excluding hydrogens is 374 g/mol. The van der Waals surface area contributed by atoms with E-state index < -0.39 is 10.0 Å². The van der Waals surface area contributed by atoms with Crippen molar-refractivity contribution in [3.8, 4) is 0 Å². The lowest BCUT2D eigenvalue weighted by Crippen LogP contribution is -2.34. The molecule has 7 heteroatoms. The van der Waals surface area contributed by atoms with Gasteiger partial charge in [0.1, 0.15) is 0 Å². The van der Waals surface area contributed by atoms with Gasteiger partial charge in [-0.05, 0) is 81.5 Å². The number of sulfonamides is 1. The fourth-order valence-corrected chi connectivity index (χ4v) is 4.60. The minimum absolute atomic E-state index is 0.0471. The Morgan fingerprint density at radius 2 is 1.50 bits per heavy atom. The van der Waals surface area contributed by atoms with Crippen LogP contribution in [0.3, 0.4) is 0 Å². The molecule has 0 aliphatic carbocycles. The van der Waals surface area contributed by atoms with Gasteiger partial charge in [-0.15, -0.1) is 0 Å². The normalized spacial score (nSPS) is 11.5. The molecule has 0 heterocycles. The first-order chi connectivity index (χ1) is 13.0. The van der Waals surface area contributed by atoms with Crippen LogP contribution < -0.4 is 15.4 Å². The highest BCUT2D eigenvalue weighted by atomic mass is 32.2. The maximum absolute atomic E-state index is 12.9. The van der Waals surface area contributed by atoms with E-state index in [1.165, 1.54) is 0 Å². The van der Waals surface area contributed by atoms with E-state index in [0.717, 1.165) is 27.8 Å². The van der Waals surface area contributed by atoms with Crippen molar-refractivity contribution in [1.82, 2.24) is 10.0 Å². The van der Waals surface area contributed by atoms with Crippen molar-refractivity contribution in [2.75, 3.05) is 5.32 Å². The molecule has 0 aliphatic rings. The standard InChI is InChI=1S/C21H29N3O3S/c1-13(2)23-21(25)24-19-9-7-18(8-10-19)12-22-28(26,27)20-16(5)14(3)11-15(4)17(20)6/h7-11,13,22H,12H2,1-6H3,(H2,23,24,25). The fraction of sp³-hybridized carbons (Fsp3) is 0.381. The zero-order valence-corrected chi connectivity index (χ0v) is 18.1. The molecule has 28 heavy (non-hydrogen) atoms. The predicted molar refractivity (Wildman–Crippen MR) is 113 cm³/mol. The number of urea groups is 1. The molecule has 0 aromatic heterocycles. The fourth-order valence-electron chi connectivity index (χ4n) is 2.97. The van der Waals surface area contributed by atoms with Gasteiger partial charge >= 0.3 is 6.03 Å². The highest BCUT2D eigenvalue weighted by Gasteiger charge is 2.21. The van der Waals surface area contributed by atoms with Gasteiger partial charge in [0.05, 0.1) is 4.90 Å². The molecule has 3 N–H and O–H groups in total. The molecule has 0 radical (unpaired) electrons. The van der Waals surface area contributed by atoms with Crippen molar-refractivity contribution >= 4 is 21.7 Å². The molecule has 2 aromatic carbocycles. The second kappa shape index (κ2) is 8.75. The van der Waals surface area contributed by atoms with E-state index in [4.69, 9.17) is 0 Å². The Balaban J connectivity index is 2.11. The molecule has 0 bridgehead atoms. The minimum Gasteiger partial charge on any atom is -0.336 e.